The van der Waals surface area contributed by atoms with Crippen LogP contribution >= 0.6 is 0 Å². The van der Waals surface area contributed by atoms with Crippen molar-refractivity contribution in [3.63, 3.8) is 0 Å². The van der Waals surface area contributed by atoms with Crippen molar-refractivity contribution in [1.82, 2.24) is 4.90 Å². The fraction of sp³-hybridized carbons (Fsp3) is 0.875. The molecule has 2 N–H and O–H groups in total. The Hall–Kier alpha value is -0.650. The van der Waals surface area contributed by atoms with E-state index in [2.05, 4.69) is 0 Å². The number of aliphatic hydroxyl groups is 1. The first-order valence-electron chi connectivity index (χ1n) is 4.38. The zero-order chi connectivity index (χ0) is 9.68. The van der Waals surface area contributed by atoms with Gasteiger partial charge in [0.15, 0.2) is 0 Å². The Bertz CT molecular complexity index is 174. The van der Waals surface area contributed by atoms with Gasteiger partial charge in [0.2, 0.25) is 0 Å². The molecule has 1 rings (SSSR count). The molecular formula is C8H15NO4. The Balaban J connectivity index is 2.31. The van der Waals surface area contributed by atoms with Crippen LogP contribution in [0.3, 0.4) is 0 Å². The van der Waals surface area contributed by atoms with Gasteiger partial charge in [-0.1, -0.05) is 0 Å². The molecule has 1 heterocycles. The quantitative estimate of drug-likeness (QED) is 0.603. The molecule has 1 fully saturated rings. The lowest BCUT2D eigenvalue weighted by Gasteiger charge is -2.33. The molecule has 5 heteroatoms. The van der Waals surface area contributed by atoms with Crippen molar-refractivity contribution in [2.75, 3.05) is 32.9 Å². The summed E-state index contributed by atoms with van der Waals surface area (Å²) in [6.07, 6.45) is 0.122. The molecule has 1 atom stereocenters. The number of rotatable bonds is 4. The summed E-state index contributed by atoms with van der Waals surface area (Å²) in [5.74, 6) is -0.803. The zero-order valence-electron chi connectivity index (χ0n) is 7.48. The largest absolute Gasteiger partial charge is 0.481 e. The summed E-state index contributed by atoms with van der Waals surface area (Å²) >= 11 is 0. The Morgan fingerprint density at radius 1 is 1.62 bits per heavy atom. The van der Waals surface area contributed by atoms with Crippen molar-refractivity contribution >= 4 is 5.97 Å². The Kier molecular flexibility index (Phi) is 4.14. The van der Waals surface area contributed by atoms with Crippen LogP contribution in [0.25, 0.3) is 0 Å². The maximum atomic E-state index is 10.3. The molecule has 0 aromatic carbocycles. The SMILES string of the molecule is O=C(O)CCN1CCOCC1CO. The van der Waals surface area contributed by atoms with Crippen LogP contribution in [-0.4, -0.2) is 60.0 Å². The summed E-state index contributed by atoms with van der Waals surface area (Å²) in [4.78, 5) is 12.3. The number of carboxylic acids is 1. The highest BCUT2D eigenvalue weighted by atomic mass is 16.5. The molecule has 0 aromatic rings. The van der Waals surface area contributed by atoms with Gasteiger partial charge >= 0.3 is 5.97 Å². The molecule has 1 saturated heterocycles. The number of carboxylic acid groups (broad SMARTS) is 1. The summed E-state index contributed by atoms with van der Waals surface area (Å²) < 4.78 is 5.16. The number of aliphatic hydroxyl groups excluding tert-OH is 1. The van der Waals surface area contributed by atoms with Crippen molar-refractivity contribution in [2.45, 2.75) is 12.5 Å². The standard InChI is InChI=1S/C8H15NO4/c10-5-7-6-13-4-3-9(7)2-1-8(11)12/h7,10H,1-6H2,(H,11,12). The Labute approximate surface area is 76.9 Å². The predicted octanol–water partition coefficient (Wildman–Crippen LogP) is -0.846. The van der Waals surface area contributed by atoms with Crippen LogP contribution in [-0.2, 0) is 9.53 Å². The Morgan fingerprint density at radius 2 is 2.38 bits per heavy atom. The van der Waals surface area contributed by atoms with Gasteiger partial charge in [0.25, 0.3) is 0 Å². The van der Waals surface area contributed by atoms with E-state index >= 15 is 0 Å². The first kappa shape index (κ1) is 10.4. The third-order valence-corrected chi connectivity index (χ3v) is 2.17. The van der Waals surface area contributed by atoms with E-state index < -0.39 is 5.97 Å². The molecule has 0 aliphatic carbocycles. The molecule has 0 saturated carbocycles. The van der Waals surface area contributed by atoms with Gasteiger partial charge in [-0.15, -0.1) is 0 Å². The fourth-order valence-corrected chi connectivity index (χ4v) is 1.39. The van der Waals surface area contributed by atoms with Gasteiger partial charge in [0.1, 0.15) is 0 Å². The second-order valence-electron chi connectivity index (χ2n) is 3.09. The maximum absolute atomic E-state index is 10.3. The highest BCUT2D eigenvalue weighted by molar-refractivity contribution is 5.66. The van der Waals surface area contributed by atoms with Crippen LogP contribution in [0.4, 0.5) is 0 Å². The normalized spacial score (nSPS) is 24.5. The van der Waals surface area contributed by atoms with E-state index in [1.165, 1.54) is 0 Å². The van der Waals surface area contributed by atoms with Gasteiger partial charge in [-0.05, 0) is 0 Å². The van der Waals surface area contributed by atoms with Gasteiger partial charge < -0.3 is 14.9 Å². The number of ether oxygens (including phenoxy) is 1. The fourth-order valence-electron chi connectivity index (χ4n) is 1.39. The van der Waals surface area contributed by atoms with Gasteiger partial charge in [-0.2, -0.15) is 0 Å². The molecule has 0 aromatic heterocycles. The third-order valence-electron chi connectivity index (χ3n) is 2.17. The number of aliphatic carboxylic acids is 1. The van der Waals surface area contributed by atoms with E-state index in [1.807, 2.05) is 4.90 Å². The summed E-state index contributed by atoms with van der Waals surface area (Å²) in [6.45, 7) is 2.34. The summed E-state index contributed by atoms with van der Waals surface area (Å²) in [6, 6.07) is -0.0342. The first-order chi connectivity index (χ1) is 6.24. The van der Waals surface area contributed by atoms with Gasteiger partial charge in [-0.3, -0.25) is 9.69 Å². The van der Waals surface area contributed by atoms with E-state index in [9.17, 15) is 4.79 Å². The minimum absolute atomic E-state index is 0.0274. The van der Waals surface area contributed by atoms with E-state index in [1.54, 1.807) is 0 Å². The van der Waals surface area contributed by atoms with E-state index in [0.29, 0.717) is 26.3 Å². The number of carbonyl (C=O) groups is 1. The second-order valence-corrected chi connectivity index (χ2v) is 3.09. The molecule has 76 valence electrons. The van der Waals surface area contributed by atoms with E-state index in [-0.39, 0.29) is 19.1 Å². The van der Waals surface area contributed by atoms with Gasteiger partial charge in [-0.25, -0.2) is 0 Å². The lowest BCUT2D eigenvalue weighted by molar-refractivity contribution is -0.138. The molecular weight excluding hydrogens is 174 g/mol. The molecule has 1 aliphatic rings. The molecule has 0 amide bonds. The van der Waals surface area contributed by atoms with Crippen LogP contribution in [0.5, 0.6) is 0 Å². The number of hydrogen-bond donors (Lipinski definition) is 2. The van der Waals surface area contributed by atoms with E-state index in [0.717, 1.165) is 0 Å². The van der Waals surface area contributed by atoms with Crippen molar-refractivity contribution in [3.05, 3.63) is 0 Å². The minimum Gasteiger partial charge on any atom is -0.481 e. The molecule has 1 unspecified atom stereocenters. The summed E-state index contributed by atoms with van der Waals surface area (Å²) in [5.41, 5.74) is 0. The predicted molar refractivity (Wildman–Crippen MR) is 45.5 cm³/mol. The van der Waals surface area contributed by atoms with Crippen molar-refractivity contribution < 1.29 is 19.7 Å². The second kappa shape index (κ2) is 5.16. The molecule has 1 aliphatic heterocycles. The summed E-state index contributed by atoms with van der Waals surface area (Å²) in [7, 11) is 0. The molecule has 13 heavy (non-hydrogen) atoms. The van der Waals surface area contributed by atoms with Crippen LogP contribution < -0.4 is 0 Å². The van der Waals surface area contributed by atoms with Crippen molar-refractivity contribution in [3.8, 4) is 0 Å². The third kappa shape index (κ3) is 3.30. The van der Waals surface area contributed by atoms with E-state index in [4.69, 9.17) is 14.9 Å². The Morgan fingerprint density at radius 3 is 3.00 bits per heavy atom. The number of hydrogen-bond acceptors (Lipinski definition) is 4. The molecule has 5 nitrogen and oxygen atoms in total. The van der Waals surface area contributed by atoms with Crippen LogP contribution in [0.1, 0.15) is 6.42 Å². The highest BCUT2D eigenvalue weighted by Crippen LogP contribution is 2.06. The molecule has 0 spiro atoms. The van der Waals surface area contributed by atoms with Crippen LogP contribution in [0, 0.1) is 0 Å². The zero-order valence-corrected chi connectivity index (χ0v) is 7.48. The number of nitrogens with zero attached hydrogens (tertiary/aromatic N) is 1. The maximum Gasteiger partial charge on any atom is 0.304 e. The molecule has 0 bridgehead atoms. The van der Waals surface area contributed by atoms with Gasteiger partial charge in [0, 0.05) is 13.1 Å². The molecule has 0 radical (unpaired) electrons. The monoisotopic (exact) mass is 189 g/mol. The average molecular weight is 189 g/mol. The van der Waals surface area contributed by atoms with Gasteiger partial charge in [0.05, 0.1) is 32.3 Å². The number of morpholine rings is 1. The lowest BCUT2D eigenvalue weighted by Crippen LogP contribution is -2.48. The average Bonchev–Trinajstić information content (AvgIpc) is 2.15. The highest BCUT2D eigenvalue weighted by Gasteiger charge is 2.22. The van der Waals surface area contributed by atoms with Crippen LogP contribution in [0.2, 0.25) is 0 Å². The van der Waals surface area contributed by atoms with Crippen LogP contribution in [0.15, 0.2) is 0 Å². The smallest absolute Gasteiger partial charge is 0.304 e. The lowest BCUT2D eigenvalue weighted by atomic mass is 10.2. The van der Waals surface area contributed by atoms with Crippen molar-refractivity contribution in [2.24, 2.45) is 0 Å². The first-order valence-corrected chi connectivity index (χ1v) is 4.38. The summed E-state index contributed by atoms with van der Waals surface area (Å²) in [5, 5.41) is 17.4. The van der Waals surface area contributed by atoms with Crippen molar-refractivity contribution in [1.29, 1.82) is 0 Å². The topological polar surface area (TPSA) is 70.0 Å². The minimum atomic E-state index is -0.803.